The SMILES string of the molecule is COc1cc2c(cc1O)CN1CCc3cc(C)c(O)cc3[C@@H]1C2. The smallest absolute Gasteiger partial charge is 0.160 e. The van der Waals surface area contributed by atoms with E-state index in [1.165, 1.54) is 22.3 Å². The van der Waals surface area contributed by atoms with Crippen LogP contribution in [0.25, 0.3) is 0 Å². The maximum atomic E-state index is 10.1. The van der Waals surface area contributed by atoms with E-state index in [1.54, 1.807) is 7.11 Å². The van der Waals surface area contributed by atoms with Gasteiger partial charge in [-0.3, -0.25) is 4.90 Å². The van der Waals surface area contributed by atoms with E-state index in [1.807, 2.05) is 25.1 Å². The molecule has 2 N–H and O–H groups in total. The lowest BCUT2D eigenvalue weighted by Gasteiger charge is -2.41. The summed E-state index contributed by atoms with van der Waals surface area (Å²) in [6, 6.07) is 8.11. The van der Waals surface area contributed by atoms with Gasteiger partial charge in [-0.15, -0.1) is 0 Å². The van der Waals surface area contributed by atoms with Gasteiger partial charge in [-0.2, -0.15) is 0 Å². The van der Waals surface area contributed by atoms with Crippen molar-refractivity contribution in [2.24, 2.45) is 0 Å². The van der Waals surface area contributed by atoms with Crippen LogP contribution in [0.1, 0.15) is 33.9 Å². The van der Waals surface area contributed by atoms with E-state index in [0.29, 0.717) is 11.5 Å². The highest BCUT2D eigenvalue weighted by Gasteiger charge is 2.33. The van der Waals surface area contributed by atoms with Crippen molar-refractivity contribution in [1.82, 2.24) is 4.90 Å². The van der Waals surface area contributed by atoms with Crippen molar-refractivity contribution in [3.8, 4) is 17.2 Å². The van der Waals surface area contributed by atoms with Crippen molar-refractivity contribution in [2.75, 3.05) is 13.7 Å². The van der Waals surface area contributed by atoms with Gasteiger partial charge in [0.05, 0.1) is 7.11 Å². The lowest BCUT2D eigenvalue weighted by Crippen LogP contribution is -2.39. The summed E-state index contributed by atoms with van der Waals surface area (Å²) in [5, 5.41) is 20.1. The van der Waals surface area contributed by atoms with Gasteiger partial charge < -0.3 is 14.9 Å². The molecule has 120 valence electrons. The molecule has 0 bridgehead atoms. The van der Waals surface area contributed by atoms with Crippen LogP contribution in [0, 0.1) is 6.92 Å². The largest absolute Gasteiger partial charge is 0.508 e. The highest BCUT2D eigenvalue weighted by molar-refractivity contribution is 5.50. The number of fused-ring (bicyclic) bond motifs is 4. The molecule has 2 aliphatic rings. The minimum Gasteiger partial charge on any atom is -0.508 e. The third-order valence-corrected chi connectivity index (χ3v) is 5.21. The molecular formula is C19H21NO3. The predicted octanol–water partition coefficient (Wildman–Crippen LogP) is 3.07. The molecule has 0 aliphatic carbocycles. The molecule has 1 atom stereocenters. The molecule has 0 saturated heterocycles. The molecule has 23 heavy (non-hydrogen) atoms. The van der Waals surface area contributed by atoms with Crippen LogP contribution in [0.2, 0.25) is 0 Å². The van der Waals surface area contributed by atoms with Gasteiger partial charge in [0, 0.05) is 19.1 Å². The molecule has 2 aromatic rings. The summed E-state index contributed by atoms with van der Waals surface area (Å²) < 4.78 is 5.25. The zero-order valence-electron chi connectivity index (χ0n) is 13.5. The molecule has 4 heteroatoms. The highest BCUT2D eigenvalue weighted by Crippen LogP contribution is 2.42. The fourth-order valence-electron chi connectivity index (χ4n) is 3.93. The van der Waals surface area contributed by atoms with Gasteiger partial charge >= 0.3 is 0 Å². The molecule has 0 fully saturated rings. The van der Waals surface area contributed by atoms with E-state index in [4.69, 9.17) is 4.74 Å². The van der Waals surface area contributed by atoms with Crippen LogP contribution < -0.4 is 4.74 Å². The standard InChI is InChI=1S/C19H21NO3/c1-11-5-12-3-4-20-10-14-7-18(22)19(23-2)8-13(14)6-16(20)15(12)9-17(11)21/h5,7-9,16,21-22H,3-4,6,10H2,1-2H3/t16-/m0/s1. The second-order valence-electron chi connectivity index (χ2n) is 6.57. The number of nitrogens with zero attached hydrogens (tertiary/aromatic N) is 1. The molecule has 2 aliphatic heterocycles. The first-order valence-electron chi connectivity index (χ1n) is 8.02. The van der Waals surface area contributed by atoms with Crippen molar-refractivity contribution in [3.05, 3.63) is 52.1 Å². The summed E-state index contributed by atoms with van der Waals surface area (Å²) >= 11 is 0. The van der Waals surface area contributed by atoms with E-state index in [0.717, 1.165) is 31.5 Å². The Morgan fingerprint density at radius 3 is 2.65 bits per heavy atom. The van der Waals surface area contributed by atoms with Crippen LogP contribution in [0.3, 0.4) is 0 Å². The van der Waals surface area contributed by atoms with Crippen LogP contribution in [0.5, 0.6) is 17.2 Å². The number of phenolic OH excluding ortho intramolecular Hbond substituents is 2. The number of hydrogen-bond acceptors (Lipinski definition) is 4. The van der Waals surface area contributed by atoms with Crippen molar-refractivity contribution in [3.63, 3.8) is 0 Å². The van der Waals surface area contributed by atoms with Gasteiger partial charge in [-0.1, -0.05) is 6.07 Å². The predicted molar refractivity (Wildman–Crippen MR) is 88.1 cm³/mol. The highest BCUT2D eigenvalue weighted by atomic mass is 16.5. The Balaban J connectivity index is 1.77. The van der Waals surface area contributed by atoms with Gasteiger partial charge in [-0.05, 0) is 65.8 Å². The fraction of sp³-hybridized carbons (Fsp3) is 0.368. The van der Waals surface area contributed by atoms with Gasteiger partial charge in [-0.25, -0.2) is 0 Å². The number of aromatic hydroxyl groups is 2. The Kier molecular flexibility index (Phi) is 3.23. The summed E-state index contributed by atoms with van der Waals surface area (Å²) in [6.45, 7) is 3.78. The maximum Gasteiger partial charge on any atom is 0.160 e. The first-order valence-corrected chi connectivity index (χ1v) is 8.02. The molecule has 0 aromatic heterocycles. The average molecular weight is 311 g/mol. The fourth-order valence-corrected chi connectivity index (χ4v) is 3.93. The van der Waals surface area contributed by atoms with Crippen molar-refractivity contribution in [1.29, 1.82) is 0 Å². The van der Waals surface area contributed by atoms with E-state index < -0.39 is 0 Å². The number of benzene rings is 2. The molecule has 2 heterocycles. The van der Waals surface area contributed by atoms with Crippen molar-refractivity contribution < 1.29 is 14.9 Å². The third-order valence-electron chi connectivity index (χ3n) is 5.21. The summed E-state index contributed by atoms with van der Waals surface area (Å²) in [7, 11) is 1.58. The first-order chi connectivity index (χ1) is 11.1. The van der Waals surface area contributed by atoms with E-state index in [-0.39, 0.29) is 11.8 Å². The summed E-state index contributed by atoms with van der Waals surface area (Å²) in [5.74, 6) is 1.11. The monoisotopic (exact) mass is 311 g/mol. The Hall–Kier alpha value is -2.20. The Bertz CT molecular complexity index is 785. The van der Waals surface area contributed by atoms with E-state index in [9.17, 15) is 10.2 Å². The zero-order valence-corrected chi connectivity index (χ0v) is 13.5. The lowest BCUT2D eigenvalue weighted by atomic mass is 9.83. The van der Waals surface area contributed by atoms with Crippen LogP contribution in [0.15, 0.2) is 24.3 Å². The minimum absolute atomic E-state index is 0.204. The van der Waals surface area contributed by atoms with Crippen LogP contribution in [-0.2, 0) is 19.4 Å². The Morgan fingerprint density at radius 1 is 1.04 bits per heavy atom. The van der Waals surface area contributed by atoms with Crippen LogP contribution in [0.4, 0.5) is 0 Å². The second-order valence-corrected chi connectivity index (χ2v) is 6.57. The Morgan fingerprint density at radius 2 is 1.87 bits per heavy atom. The quantitative estimate of drug-likeness (QED) is 0.850. The zero-order chi connectivity index (χ0) is 16.1. The average Bonchev–Trinajstić information content (AvgIpc) is 2.54. The molecule has 4 rings (SSSR count). The summed E-state index contributed by atoms with van der Waals surface area (Å²) in [5.41, 5.74) is 5.90. The van der Waals surface area contributed by atoms with Crippen LogP contribution in [-0.4, -0.2) is 28.8 Å². The number of phenols is 2. The molecule has 0 saturated carbocycles. The number of rotatable bonds is 1. The molecule has 0 spiro atoms. The first kappa shape index (κ1) is 14.4. The van der Waals surface area contributed by atoms with Gasteiger partial charge in [0.1, 0.15) is 5.75 Å². The molecule has 0 unspecified atom stereocenters. The minimum atomic E-state index is 0.204. The number of methoxy groups -OCH3 is 1. The Labute approximate surface area is 135 Å². The number of ether oxygens (including phenoxy) is 1. The molecule has 0 radical (unpaired) electrons. The molecule has 4 nitrogen and oxygen atoms in total. The third kappa shape index (κ3) is 2.25. The van der Waals surface area contributed by atoms with Gasteiger partial charge in [0.25, 0.3) is 0 Å². The molecular weight excluding hydrogens is 290 g/mol. The van der Waals surface area contributed by atoms with Crippen molar-refractivity contribution >= 4 is 0 Å². The second kappa shape index (κ2) is 5.17. The summed E-state index contributed by atoms with van der Waals surface area (Å²) in [4.78, 5) is 2.44. The molecule has 0 amide bonds. The van der Waals surface area contributed by atoms with E-state index >= 15 is 0 Å². The lowest BCUT2D eigenvalue weighted by molar-refractivity contribution is 0.160. The van der Waals surface area contributed by atoms with Gasteiger partial charge in [0.15, 0.2) is 11.5 Å². The normalized spacial score (nSPS) is 19.7. The number of hydrogen-bond donors (Lipinski definition) is 2. The summed E-state index contributed by atoms with van der Waals surface area (Å²) in [6.07, 6.45) is 1.88. The maximum absolute atomic E-state index is 10.1. The number of aryl methyl sites for hydroxylation is 1. The van der Waals surface area contributed by atoms with Crippen LogP contribution >= 0.6 is 0 Å². The molecule has 2 aromatic carbocycles. The van der Waals surface area contributed by atoms with Crippen molar-refractivity contribution in [2.45, 2.75) is 32.4 Å². The van der Waals surface area contributed by atoms with E-state index in [2.05, 4.69) is 11.0 Å². The topological polar surface area (TPSA) is 52.9 Å². The van der Waals surface area contributed by atoms with Gasteiger partial charge in [0.2, 0.25) is 0 Å².